The Morgan fingerprint density at radius 2 is 2.08 bits per heavy atom. The summed E-state index contributed by atoms with van der Waals surface area (Å²) in [5.74, 6) is 0. The van der Waals surface area contributed by atoms with E-state index in [2.05, 4.69) is 40.3 Å². The standard InChI is InChI=1S/C9H7ClIN/c1-12-8-3-2-7(10)4-6(8)5-9(12)11/h2-5H,1H3. The second kappa shape index (κ2) is 2.92. The molecule has 0 fully saturated rings. The molecule has 1 nitrogen and oxygen atoms in total. The average molecular weight is 292 g/mol. The quantitative estimate of drug-likeness (QED) is 0.655. The van der Waals surface area contributed by atoms with Gasteiger partial charge in [0, 0.05) is 23.0 Å². The maximum Gasteiger partial charge on any atom is 0.0806 e. The summed E-state index contributed by atoms with van der Waals surface area (Å²) in [6.45, 7) is 0. The van der Waals surface area contributed by atoms with Gasteiger partial charge in [-0.2, -0.15) is 0 Å². The molecule has 0 spiro atoms. The highest BCUT2D eigenvalue weighted by Gasteiger charge is 2.02. The van der Waals surface area contributed by atoms with E-state index in [1.165, 1.54) is 14.6 Å². The summed E-state index contributed by atoms with van der Waals surface area (Å²) in [6, 6.07) is 8.07. The van der Waals surface area contributed by atoms with Crippen molar-refractivity contribution in [2.45, 2.75) is 0 Å². The highest BCUT2D eigenvalue weighted by Crippen LogP contribution is 2.23. The molecular weight excluding hydrogens is 284 g/mol. The second-order valence-electron chi connectivity index (χ2n) is 2.73. The van der Waals surface area contributed by atoms with Crippen LogP contribution in [0.2, 0.25) is 5.02 Å². The topological polar surface area (TPSA) is 4.93 Å². The fraction of sp³-hybridized carbons (Fsp3) is 0.111. The first-order valence-electron chi connectivity index (χ1n) is 3.59. The predicted molar refractivity (Wildman–Crippen MR) is 60.6 cm³/mol. The number of benzene rings is 1. The Morgan fingerprint density at radius 3 is 2.83 bits per heavy atom. The molecule has 2 rings (SSSR count). The Hall–Kier alpha value is -0.220. The van der Waals surface area contributed by atoms with Crippen LogP contribution in [0.4, 0.5) is 0 Å². The molecule has 0 aliphatic carbocycles. The van der Waals surface area contributed by atoms with Crippen LogP contribution in [-0.4, -0.2) is 4.57 Å². The Bertz CT molecular complexity index is 433. The van der Waals surface area contributed by atoms with Crippen LogP contribution in [-0.2, 0) is 7.05 Å². The largest absolute Gasteiger partial charge is 0.339 e. The van der Waals surface area contributed by atoms with Gasteiger partial charge in [-0.1, -0.05) is 11.6 Å². The molecule has 0 saturated heterocycles. The predicted octanol–water partition coefficient (Wildman–Crippen LogP) is 3.44. The smallest absolute Gasteiger partial charge is 0.0806 e. The van der Waals surface area contributed by atoms with Gasteiger partial charge in [-0.15, -0.1) is 0 Å². The highest BCUT2D eigenvalue weighted by molar-refractivity contribution is 14.1. The van der Waals surface area contributed by atoms with Crippen molar-refractivity contribution in [1.82, 2.24) is 4.57 Å². The normalized spacial score (nSPS) is 10.9. The third kappa shape index (κ3) is 1.23. The number of hydrogen-bond acceptors (Lipinski definition) is 0. The van der Waals surface area contributed by atoms with Crippen molar-refractivity contribution >= 4 is 45.1 Å². The lowest BCUT2D eigenvalue weighted by Gasteiger charge is -1.96. The van der Waals surface area contributed by atoms with Crippen LogP contribution in [0.3, 0.4) is 0 Å². The third-order valence-electron chi connectivity index (χ3n) is 1.95. The van der Waals surface area contributed by atoms with Crippen molar-refractivity contribution in [2.24, 2.45) is 7.05 Å². The van der Waals surface area contributed by atoms with E-state index in [4.69, 9.17) is 11.6 Å². The summed E-state index contributed by atoms with van der Waals surface area (Å²) in [7, 11) is 2.05. The molecule has 1 aromatic carbocycles. The molecule has 0 saturated carbocycles. The first-order valence-corrected chi connectivity index (χ1v) is 5.04. The van der Waals surface area contributed by atoms with Crippen molar-refractivity contribution < 1.29 is 0 Å². The summed E-state index contributed by atoms with van der Waals surface area (Å²) in [5, 5.41) is 2.00. The van der Waals surface area contributed by atoms with Crippen molar-refractivity contribution in [3.8, 4) is 0 Å². The minimum absolute atomic E-state index is 0.796. The van der Waals surface area contributed by atoms with E-state index in [0.717, 1.165) is 5.02 Å². The Labute approximate surface area is 89.5 Å². The van der Waals surface area contributed by atoms with Crippen LogP contribution >= 0.6 is 34.2 Å². The van der Waals surface area contributed by atoms with Gasteiger partial charge in [-0.05, 0) is 46.9 Å². The average Bonchev–Trinajstić information content (AvgIpc) is 2.28. The maximum atomic E-state index is 5.87. The van der Waals surface area contributed by atoms with Crippen LogP contribution in [0.5, 0.6) is 0 Å². The van der Waals surface area contributed by atoms with Crippen LogP contribution in [0.15, 0.2) is 24.3 Å². The summed E-state index contributed by atoms with van der Waals surface area (Å²) in [4.78, 5) is 0. The summed E-state index contributed by atoms with van der Waals surface area (Å²) >= 11 is 8.18. The number of nitrogens with zero attached hydrogens (tertiary/aromatic N) is 1. The molecular formula is C9H7ClIN. The Balaban J connectivity index is 2.87. The zero-order valence-corrected chi connectivity index (χ0v) is 9.43. The number of rotatable bonds is 0. The fourth-order valence-electron chi connectivity index (χ4n) is 1.29. The van der Waals surface area contributed by atoms with E-state index < -0.39 is 0 Å². The SMILES string of the molecule is Cn1c(I)cc2cc(Cl)ccc21. The zero-order chi connectivity index (χ0) is 8.72. The van der Waals surface area contributed by atoms with Crippen molar-refractivity contribution in [3.05, 3.63) is 33.0 Å². The Kier molecular flexibility index (Phi) is 2.04. The minimum Gasteiger partial charge on any atom is -0.339 e. The van der Waals surface area contributed by atoms with Crippen LogP contribution < -0.4 is 0 Å². The summed E-state index contributed by atoms with van der Waals surface area (Å²) < 4.78 is 3.37. The molecule has 62 valence electrons. The molecule has 1 aromatic heterocycles. The molecule has 0 amide bonds. The summed E-state index contributed by atoms with van der Waals surface area (Å²) in [5.41, 5.74) is 1.23. The molecule has 2 aromatic rings. The van der Waals surface area contributed by atoms with Gasteiger partial charge < -0.3 is 4.57 Å². The van der Waals surface area contributed by atoms with E-state index in [0.29, 0.717) is 0 Å². The first-order chi connectivity index (χ1) is 5.68. The van der Waals surface area contributed by atoms with Crippen molar-refractivity contribution in [3.63, 3.8) is 0 Å². The molecule has 3 heteroatoms. The van der Waals surface area contributed by atoms with E-state index in [9.17, 15) is 0 Å². The molecule has 0 aliphatic heterocycles. The van der Waals surface area contributed by atoms with E-state index >= 15 is 0 Å². The molecule has 0 atom stereocenters. The van der Waals surface area contributed by atoms with Gasteiger partial charge in [0.05, 0.1) is 3.70 Å². The third-order valence-corrected chi connectivity index (χ3v) is 3.22. The minimum atomic E-state index is 0.796. The van der Waals surface area contributed by atoms with Crippen molar-refractivity contribution in [1.29, 1.82) is 0 Å². The monoisotopic (exact) mass is 291 g/mol. The number of hydrogen-bond donors (Lipinski definition) is 0. The number of fused-ring (bicyclic) bond motifs is 1. The molecule has 0 unspecified atom stereocenters. The van der Waals surface area contributed by atoms with Gasteiger partial charge in [-0.25, -0.2) is 0 Å². The second-order valence-corrected chi connectivity index (χ2v) is 4.27. The van der Waals surface area contributed by atoms with Gasteiger partial charge in [0.2, 0.25) is 0 Å². The first kappa shape index (κ1) is 8.38. The van der Waals surface area contributed by atoms with Crippen LogP contribution in [0.1, 0.15) is 0 Å². The van der Waals surface area contributed by atoms with E-state index in [1.807, 2.05) is 18.2 Å². The highest BCUT2D eigenvalue weighted by atomic mass is 127. The molecule has 0 bridgehead atoms. The lowest BCUT2D eigenvalue weighted by atomic mass is 10.2. The maximum absolute atomic E-state index is 5.87. The number of aryl methyl sites for hydroxylation is 1. The molecule has 0 radical (unpaired) electrons. The van der Waals surface area contributed by atoms with Gasteiger partial charge in [0.15, 0.2) is 0 Å². The van der Waals surface area contributed by atoms with Gasteiger partial charge >= 0.3 is 0 Å². The van der Waals surface area contributed by atoms with Gasteiger partial charge in [0.25, 0.3) is 0 Å². The van der Waals surface area contributed by atoms with Gasteiger partial charge in [0.1, 0.15) is 0 Å². The van der Waals surface area contributed by atoms with Gasteiger partial charge in [-0.3, -0.25) is 0 Å². The van der Waals surface area contributed by atoms with E-state index in [-0.39, 0.29) is 0 Å². The molecule has 12 heavy (non-hydrogen) atoms. The lowest BCUT2D eigenvalue weighted by Crippen LogP contribution is -1.88. The number of halogens is 2. The molecule has 0 N–H and O–H groups in total. The van der Waals surface area contributed by atoms with Crippen molar-refractivity contribution in [2.75, 3.05) is 0 Å². The zero-order valence-electron chi connectivity index (χ0n) is 6.51. The Morgan fingerprint density at radius 1 is 1.33 bits per heavy atom. The van der Waals surface area contributed by atoms with E-state index in [1.54, 1.807) is 0 Å². The van der Waals surface area contributed by atoms with Crippen LogP contribution in [0.25, 0.3) is 10.9 Å². The summed E-state index contributed by atoms with van der Waals surface area (Å²) in [6.07, 6.45) is 0. The fourth-order valence-corrected chi connectivity index (χ4v) is 2.06. The molecule has 1 heterocycles. The molecule has 0 aliphatic rings. The van der Waals surface area contributed by atoms with Crippen LogP contribution in [0, 0.1) is 3.70 Å². The lowest BCUT2D eigenvalue weighted by molar-refractivity contribution is 0.938. The number of aromatic nitrogens is 1.